The average Bonchev–Trinajstić information content (AvgIpc) is 2.47. The van der Waals surface area contributed by atoms with Crippen LogP contribution in [0.4, 0.5) is 10.1 Å². The van der Waals surface area contributed by atoms with E-state index >= 15 is 0 Å². The molecule has 1 fully saturated rings. The number of halogens is 1. The van der Waals surface area contributed by atoms with Crippen LogP contribution in [0.3, 0.4) is 0 Å². The lowest BCUT2D eigenvalue weighted by Crippen LogP contribution is -2.29. The molecule has 2 aromatic rings. The number of anilines is 1. The second-order valence-corrected chi connectivity index (χ2v) is 5.41. The zero-order valence-electron chi connectivity index (χ0n) is 11.4. The molecular weight excluding hydrogens is 273 g/mol. The molecule has 0 saturated heterocycles. The van der Waals surface area contributed by atoms with Gasteiger partial charge < -0.3 is 10.4 Å². The molecule has 1 aliphatic carbocycles. The molecule has 0 atom stereocenters. The fourth-order valence-electron chi connectivity index (χ4n) is 2.83. The van der Waals surface area contributed by atoms with Gasteiger partial charge in [-0.1, -0.05) is 0 Å². The molecule has 6 heteroatoms. The Bertz CT molecular complexity index is 669. The van der Waals surface area contributed by atoms with Crippen molar-refractivity contribution in [3.8, 4) is 0 Å². The Labute approximate surface area is 121 Å². The molecule has 1 saturated carbocycles. The van der Waals surface area contributed by atoms with E-state index in [1.165, 1.54) is 12.3 Å². The van der Waals surface area contributed by atoms with Crippen LogP contribution in [0.25, 0.3) is 11.0 Å². The lowest BCUT2D eigenvalue weighted by Gasteiger charge is -2.27. The van der Waals surface area contributed by atoms with E-state index in [1.54, 1.807) is 6.20 Å². The Balaban J connectivity index is 1.75. The highest BCUT2D eigenvalue weighted by Gasteiger charge is 2.26. The summed E-state index contributed by atoms with van der Waals surface area (Å²) in [6.45, 7) is 0. The maximum atomic E-state index is 13.2. The molecule has 0 radical (unpaired) electrons. The quantitative estimate of drug-likeness (QED) is 0.908. The lowest BCUT2D eigenvalue weighted by molar-refractivity contribution is -0.142. The zero-order valence-corrected chi connectivity index (χ0v) is 11.4. The van der Waals surface area contributed by atoms with Crippen LogP contribution in [0, 0.1) is 11.7 Å². The van der Waals surface area contributed by atoms with Gasteiger partial charge in [0.05, 0.1) is 23.3 Å². The number of carboxylic acid groups (broad SMARTS) is 1. The highest BCUT2D eigenvalue weighted by atomic mass is 19.1. The molecule has 3 rings (SSSR count). The Morgan fingerprint density at radius 3 is 2.76 bits per heavy atom. The molecule has 0 amide bonds. The summed E-state index contributed by atoms with van der Waals surface area (Å²) in [6.07, 6.45) is 5.77. The maximum absolute atomic E-state index is 13.2. The third-order valence-electron chi connectivity index (χ3n) is 3.98. The Morgan fingerprint density at radius 1 is 1.29 bits per heavy atom. The summed E-state index contributed by atoms with van der Waals surface area (Å²) in [7, 11) is 0. The number of hydrogen-bond donors (Lipinski definition) is 2. The van der Waals surface area contributed by atoms with Gasteiger partial charge in [-0.3, -0.25) is 9.78 Å². The van der Waals surface area contributed by atoms with Crippen LogP contribution in [0.2, 0.25) is 0 Å². The zero-order chi connectivity index (χ0) is 14.8. The predicted octanol–water partition coefficient (Wildman–Crippen LogP) is 2.82. The first-order valence-corrected chi connectivity index (χ1v) is 7.03. The van der Waals surface area contributed by atoms with E-state index in [-0.39, 0.29) is 12.0 Å². The predicted molar refractivity (Wildman–Crippen MR) is 76.5 cm³/mol. The summed E-state index contributed by atoms with van der Waals surface area (Å²) in [6, 6.07) is 3.39. The van der Waals surface area contributed by atoms with Crippen LogP contribution in [-0.4, -0.2) is 27.1 Å². The molecule has 21 heavy (non-hydrogen) atoms. The normalized spacial score (nSPS) is 22.1. The maximum Gasteiger partial charge on any atom is 0.306 e. The van der Waals surface area contributed by atoms with Gasteiger partial charge in [-0.25, -0.2) is 9.37 Å². The van der Waals surface area contributed by atoms with Gasteiger partial charge in [0.1, 0.15) is 11.3 Å². The number of carbonyl (C=O) groups is 1. The Morgan fingerprint density at radius 2 is 2.05 bits per heavy atom. The third-order valence-corrected chi connectivity index (χ3v) is 3.98. The van der Waals surface area contributed by atoms with Gasteiger partial charge in [0, 0.05) is 18.3 Å². The molecule has 2 aromatic heterocycles. The summed E-state index contributed by atoms with van der Waals surface area (Å²) in [4.78, 5) is 19.2. The number of hydrogen-bond acceptors (Lipinski definition) is 4. The van der Waals surface area contributed by atoms with E-state index in [0.717, 1.165) is 18.5 Å². The minimum Gasteiger partial charge on any atom is -0.481 e. The number of pyridine rings is 2. The first-order valence-electron chi connectivity index (χ1n) is 7.03. The van der Waals surface area contributed by atoms with E-state index in [1.807, 2.05) is 6.07 Å². The molecule has 0 bridgehead atoms. The number of carboxylic acids is 1. The van der Waals surface area contributed by atoms with Crippen molar-refractivity contribution in [2.45, 2.75) is 31.7 Å². The van der Waals surface area contributed by atoms with Crippen molar-refractivity contribution in [1.29, 1.82) is 0 Å². The van der Waals surface area contributed by atoms with E-state index in [9.17, 15) is 9.18 Å². The molecule has 5 nitrogen and oxygen atoms in total. The topological polar surface area (TPSA) is 75.1 Å². The molecule has 1 aliphatic rings. The Kier molecular flexibility index (Phi) is 3.68. The Hall–Kier alpha value is -2.24. The molecular formula is C15H16FN3O2. The number of nitrogens with zero attached hydrogens (tertiary/aromatic N) is 2. The summed E-state index contributed by atoms with van der Waals surface area (Å²) in [5.74, 6) is -1.35. The molecule has 0 unspecified atom stereocenters. The van der Waals surface area contributed by atoms with E-state index in [0.29, 0.717) is 23.9 Å². The smallest absolute Gasteiger partial charge is 0.306 e. The highest BCUT2D eigenvalue weighted by molar-refractivity contribution is 5.87. The SMILES string of the molecule is O=C(O)C1CCC(Nc2ccnc3cc(F)cnc23)CC1. The van der Waals surface area contributed by atoms with Crippen molar-refractivity contribution in [3.63, 3.8) is 0 Å². The van der Waals surface area contributed by atoms with Crippen LogP contribution in [-0.2, 0) is 4.79 Å². The van der Waals surface area contributed by atoms with Crippen molar-refractivity contribution in [2.75, 3.05) is 5.32 Å². The monoisotopic (exact) mass is 289 g/mol. The van der Waals surface area contributed by atoms with Crippen LogP contribution < -0.4 is 5.32 Å². The van der Waals surface area contributed by atoms with Crippen molar-refractivity contribution in [3.05, 3.63) is 30.3 Å². The van der Waals surface area contributed by atoms with Crippen molar-refractivity contribution < 1.29 is 14.3 Å². The van der Waals surface area contributed by atoms with Gasteiger partial charge >= 0.3 is 5.97 Å². The number of rotatable bonds is 3. The van der Waals surface area contributed by atoms with E-state index in [2.05, 4.69) is 15.3 Å². The van der Waals surface area contributed by atoms with Gasteiger partial charge in [0.25, 0.3) is 0 Å². The second-order valence-electron chi connectivity index (χ2n) is 5.41. The number of fused-ring (bicyclic) bond motifs is 1. The summed E-state index contributed by atoms with van der Waals surface area (Å²) >= 11 is 0. The standard InChI is InChI=1S/C15H16FN3O2/c16-10-7-13-14(18-8-10)12(5-6-17-13)19-11-3-1-9(2-4-11)15(20)21/h5-9,11H,1-4H2,(H,17,19)(H,20,21). The fraction of sp³-hybridized carbons (Fsp3) is 0.400. The summed E-state index contributed by atoms with van der Waals surface area (Å²) in [5, 5.41) is 12.4. The van der Waals surface area contributed by atoms with Gasteiger partial charge in [-0.15, -0.1) is 0 Å². The second kappa shape index (κ2) is 5.63. The van der Waals surface area contributed by atoms with Crippen LogP contribution in [0.5, 0.6) is 0 Å². The summed E-state index contributed by atoms with van der Waals surface area (Å²) < 4.78 is 13.2. The van der Waals surface area contributed by atoms with Crippen molar-refractivity contribution in [2.24, 2.45) is 5.92 Å². The number of aromatic nitrogens is 2. The minimum absolute atomic E-state index is 0.220. The lowest BCUT2D eigenvalue weighted by atomic mass is 9.86. The largest absolute Gasteiger partial charge is 0.481 e. The molecule has 2 heterocycles. The van der Waals surface area contributed by atoms with E-state index in [4.69, 9.17) is 5.11 Å². The summed E-state index contributed by atoms with van der Waals surface area (Å²) in [5.41, 5.74) is 1.97. The molecule has 0 aliphatic heterocycles. The van der Waals surface area contributed by atoms with Crippen LogP contribution in [0.15, 0.2) is 24.5 Å². The third kappa shape index (κ3) is 2.94. The first-order chi connectivity index (χ1) is 10.1. The number of aliphatic carboxylic acids is 1. The van der Waals surface area contributed by atoms with Crippen LogP contribution in [0.1, 0.15) is 25.7 Å². The molecule has 0 aromatic carbocycles. The molecule has 110 valence electrons. The van der Waals surface area contributed by atoms with E-state index < -0.39 is 11.8 Å². The van der Waals surface area contributed by atoms with Crippen LogP contribution >= 0.6 is 0 Å². The van der Waals surface area contributed by atoms with Crippen molar-refractivity contribution >= 4 is 22.7 Å². The van der Waals surface area contributed by atoms with Gasteiger partial charge in [0.2, 0.25) is 0 Å². The number of nitrogens with one attached hydrogen (secondary N) is 1. The molecule has 0 spiro atoms. The van der Waals surface area contributed by atoms with Gasteiger partial charge in [-0.05, 0) is 31.7 Å². The fourth-order valence-corrected chi connectivity index (χ4v) is 2.83. The molecule has 2 N–H and O–H groups in total. The van der Waals surface area contributed by atoms with Gasteiger partial charge in [0.15, 0.2) is 0 Å². The highest BCUT2D eigenvalue weighted by Crippen LogP contribution is 2.28. The average molecular weight is 289 g/mol. The minimum atomic E-state index is -0.708. The van der Waals surface area contributed by atoms with Crippen molar-refractivity contribution in [1.82, 2.24) is 9.97 Å². The first kappa shape index (κ1) is 13.7. The van der Waals surface area contributed by atoms with Gasteiger partial charge in [-0.2, -0.15) is 0 Å².